The van der Waals surface area contributed by atoms with Crippen LogP contribution in [0.15, 0.2) is 42.5 Å². The van der Waals surface area contributed by atoms with Crippen LogP contribution < -0.4 is 20.1 Å². The number of rotatable bonds is 6. The molecule has 1 spiro atoms. The van der Waals surface area contributed by atoms with E-state index in [4.69, 9.17) is 9.47 Å². The first-order valence-corrected chi connectivity index (χ1v) is 11.8. The van der Waals surface area contributed by atoms with Gasteiger partial charge in [-0.15, -0.1) is 0 Å². The lowest BCUT2D eigenvalue weighted by Gasteiger charge is -2.44. The third kappa shape index (κ3) is 4.82. The standard InChI is InChI=1S/C26H34N4O4/c1-18-5-8-21(9-6-18)27-25(32)29-15-12-26(13-16-29)28-19(2)24(31)30(26)14-11-20-7-10-22(33-3)23(17-20)34-4/h5-10,17,19,28H,11-16H2,1-4H3,(H,27,32). The van der Waals surface area contributed by atoms with Gasteiger partial charge in [0.15, 0.2) is 11.5 Å². The monoisotopic (exact) mass is 466 g/mol. The molecule has 0 saturated carbocycles. The zero-order valence-electron chi connectivity index (χ0n) is 20.4. The Morgan fingerprint density at radius 2 is 1.76 bits per heavy atom. The van der Waals surface area contributed by atoms with E-state index in [0.29, 0.717) is 50.4 Å². The van der Waals surface area contributed by atoms with Crippen molar-refractivity contribution in [1.29, 1.82) is 0 Å². The summed E-state index contributed by atoms with van der Waals surface area (Å²) in [5.41, 5.74) is 2.59. The van der Waals surface area contributed by atoms with Gasteiger partial charge in [0.2, 0.25) is 5.91 Å². The van der Waals surface area contributed by atoms with Crippen molar-refractivity contribution >= 4 is 17.6 Å². The fraction of sp³-hybridized carbons (Fsp3) is 0.462. The van der Waals surface area contributed by atoms with Gasteiger partial charge < -0.3 is 24.6 Å². The summed E-state index contributed by atoms with van der Waals surface area (Å²) in [5, 5.41) is 6.51. The lowest BCUT2D eigenvalue weighted by molar-refractivity contribution is -0.133. The van der Waals surface area contributed by atoms with Gasteiger partial charge in [-0.1, -0.05) is 23.8 Å². The number of methoxy groups -OCH3 is 2. The van der Waals surface area contributed by atoms with Gasteiger partial charge in [-0.3, -0.25) is 10.1 Å². The van der Waals surface area contributed by atoms with Crippen LogP contribution in [-0.4, -0.2) is 67.3 Å². The highest BCUT2D eigenvalue weighted by Crippen LogP contribution is 2.33. The van der Waals surface area contributed by atoms with Gasteiger partial charge in [0.1, 0.15) is 0 Å². The zero-order chi connectivity index (χ0) is 24.3. The lowest BCUT2D eigenvalue weighted by atomic mass is 9.95. The summed E-state index contributed by atoms with van der Waals surface area (Å²) in [6, 6.07) is 13.3. The molecule has 34 heavy (non-hydrogen) atoms. The number of amides is 3. The van der Waals surface area contributed by atoms with Crippen LogP contribution in [0.4, 0.5) is 10.5 Å². The average Bonchev–Trinajstić information content (AvgIpc) is 3.07. The molecule has 0 aliphatic carbocycles. The van der Waals surface area contributed by atoms with Crippen LogP contribution in [0.3, 0.4) is 0 Å². The van der Waals surface area contributed by atoms with Crippen LogP contribution >= 0.6 is 0 Å². The number of piperidine rings is 1. The molecule has 2 aliphatic heterocycles. The number of nitrogens with zero attached hydrogens (tertiary/aromatic N) is 2. The van der Waals surface area contributed by atoms with Crippen LogP contribution in [0.1, 0.15) is 30.9 Å². The molecule has 0 aromatic heterocycles. The lowest BCUT2D eigenvalue weighted by Crippen LogP contribution is -2.60. The van der Waals surface area contributed by atoms with Gasteiger partial charge in [0, 0.05) is 38.2 Å². The number of likely N-dealkylation sites (tertiary alicyclic amines) is 1. The fourth-order valence-corrected chi connectivity index (χ4v) is 4.92. The molecule has 2 aromatic carbocycles. The molecule has 0 bridgehead atoms. The Labute approximate surface area is 201 Å². The maximum absolute atomic E-state index is 13.0. The van der Waals surface area contributed by atoms with E-state index in [1.807, 2.05) is 66.1 Å². The molecular formula is C26H34N4O4. The van der Waals surface area contributed by atoms with Crippen LogP contribution in [0.5, 0.6) is 11.5 Å². The average molecular weight is 467 g/mol. The van der Waals surface area contributed by atoms with Crippen molar-refractivity contribution in [2.75, 3.05) is 39.2 Å². The van der Waals surface area contributed by atoms with Crippen molar-refractivity contribution in [2.24, 2.45) is 0 Å². The number of hydrogen-bond donors (Lipinski definition) is 2. The van der Waals surface area contributed by atoms with E-state index in [1.165, 1.54) is 0 Å². The Balaban J connectivity index is 1.40. The Morgan fingerprint density at radius 3 is 2.41 bits per heavy atom. The highest BCUT2D eigenvalue weighted by molar-refractivity contribution is 5.89. The Morgan fingerprint density at radius 1 is 1.09 bits per heavy atom. The summed E-state index contributed by atoms with van der Waals surface area (Å²) < 4.78 is 10.7. The van der Waals surface area contributed by atoms with Crippen molar-refractivity contribution in [2.45, 2.75) is 44.8 Å². The molecular weight excluding hydrogens is 432 g/mol. The van der Waals surface area contributed by atoms with Crippen molar-refractivity contribution in [3.05, 3.63) is 53.6 Å². The maximum Gasteiger partial charge on any atom is 0.321 e. The van der Waals surface area contributed by atoms with E-state index in [1.54, 1.807) is 14.2 Å². The molecule has 2 heterocycles. The Bertz CT molecular complexity index is 1030. The normalized spacial score (nSPS) is 19.4. The highest BCUT2D eigenvalue weighted by Gasteiger charge is 2.50. The third-order valence-corrected chi connectivity index (χ3v) is 6.89. The van der Waals surface area contributed by atoms with Gasteiger partial charge in [-0.05, 0) is 50.1 Å². The van der Waals surface area contributed by atoms with Gasteiger partial charge in [0.05, 0.1) is 25.9 Å². The number of hydrogen-bond acceptors (Lipinski definition) is 5. The van der Waals surface area contributed by atoms with Gasteiger partial charge in [-0.2, -0.15) is 0 Å². The van der Waals surface area contributed by atoms with Crippen molar-refractivity contribution in [3.63, 3.8) is 0 Å². The molecule has 8 heteroatoms. The van der Waals surface area contributed by atoms with Crippen molar-refractivity contribution in [3.8, 4) is 11.5 Å². The number of nitrogens with one attached hydrogen (secondary N) is 2. The Hall–Kier alpha value is -3.26. The summed E-state index contributed by atoms with van der Waals surface area (Å²) in [5.74, 6) is 1.48. The smallest absolute Gasteiger partial charge is 0.321 e. The number of aryl methyl sites for hydroxylation is 1. The number of urea groups is 1. The van der Waals surface area contributed by atoms with Crippen molar-refractivity contribution < 1.29 is 19.1 Å². The van der Waals surface area contributed by atoms with Gasteiger partial charge in [-0.25, -0.2) is 4.79 Å². The zero-order valence-corrected chi connectivity index (χ0v) is 20.4. The molecule has 3 amide bonds. The van der Waals surface area contributed by atoms with Crippen LogP contribution in [0, 0.1) is 6.92 Å². The molecule has 2 aliphatic rings. The molecule has 8 nitrogen and oxygen atoms in total. The largest absolute Gasteiger partial charge is 0.493 e. The number of benzene rings is 2. The van der Waals surface area contributed by atoms with Crippen LogP contribution in [-0.2, 0) is 11.2 Å². The molecule has 1 atom stereocenters. The predicted octanol–water partition coefficient (Wildman–Crippen LogP) is 3.40. The SMILES string of the molecule is COc1ccc(CCN2C(=O)C(C)NC23CCN(C(=O)Nc2ccc(C)cc2)CC3)cc1OC. The maximum atomic E-state index is 13.0. The first kappa shape index (κ1) is 23.9. The van der Waals surface area contributed by atoms with E-state index in [0.717, 1.165) is 16.8 Å². The summed E-state index contributed by atoms with van der Waals surface area (Å²) >= 11 is 0. The second-order valence-electron chi connectivity index (χ2n) is 9.11. The number of anilines is 1. The summed E-state index contributed by atoms with van der Waals surface area (Å²) in [6.07, 6.45) is 2.09. The molecule has 0 radical (unpaired) electrons. The minimum Gasteiger partial charge on any atom is -0.493 e. The summed E-state index contributed by atoms with van der Waals surface area (Å²) in [4.78, 5) is 29.6. The topological polar surface area (TPSA) is 83.1 Å². The first-order chi connectivity index (χ1) is 16.3. The predicted molar refractivity (Wildman–Crippen MR) is 131 cm³/mol. The summed E-state index contributed by atoms with van der Waals surface area (Å²) in [6.45, 7) is 5.69. The number of carbonyl (C=O) groups excluding carboxylic acids is 2. The molecule has 1 unspecified atom stereocenters. The van der Waals surface area contributed by atoms with E-state index in [2.05, 4.69) is 10.6 Å². The highest BCUT2D eigenvalue weighted by atomic mass is 16.5. The molecule has 2 saturated heterocycles. The van der Waals surface area contributed by atoms with E-state index >= 15 is 0 Å². The molecule has 182 valence electrons. The second kappa shape index (κ2) is 9.93. The third-order valence-electron chi connectivity index (χ3n) is 6.89. The number of ether oxygens (including phenoxy) is 2. The van der Waals surface area contributed by atoms with Crippen LogP contribution in [0.25, 0.3) is 0 Å². The molecule has 2 aromatic rings. The minimum absolute atomic E-state index is 0.104. The van der Waals surface area contributed by atoms with Gasteiger partial charge in [0.25, 0.3) is 0 Å². The quantitative estimate of drug-likeness (QED) is 0.682. The second-order valence-corrected chi connectivity index (χ2v) is 9.11. The number of carbonyl (C=O) groups is 2. The van der Waals surface area contributed by atoms with Crippen molar-refractivity contribution in [1.82, 2.24) is 15.1 Å². The van der Waals surface area contributed by atoms with E-state index in [9.17, 15) is 9.59 Å². The minimum atomic E-state index is -0.423. The Kier molecular flexibility index (Phi) is 6.97. The molecule has 2 fully saturated rings. The fourth-order valence-electron chi connectivity index (χ4n) is 4.92. The molecule has 4 rings (SSSR count). The van der Waals surface area contributed by atoms with E-state index in [-0.39, 0.29) is 18.0 Å². The summed E-state index contributed by atoms with van der Waals surface area (Å²) in [7, 11) is 3.24. The van der Waals surface area contributed by atoms with E-state index < -0.39 is 5.66 Å². The first-order valence-electron chi connectivity index (χ1n) is 11.8. The van der Waals surface area contributed by atoms with Crippen LogP contribution in [0.2, 0.25) is 0 Å². The molecule has 2 N–H and O–H groups in total. The van der Waals surface area contributed by atoms with Gasteiger partial charge >= 0.3 is 6.03 Å².